The molecule has 0 saturated carbocycles. The third-order valence-corrected chi connectivity index (χ3v) is 5.13. The lowest BCUT2D eigenvalue weighted by Crippen LogP contribution is -2.45. The van der Waals surface area contributed by atoms with Crippen molar-refractivity contribution in [3.63, 3.8) is 0 Å². The van der Waals surface area contributed by atoms with Gasteiger partial charge >= 0.3 is 0 Å². The molecule has 2 aromatic rings. The minimum absolute atomic E-state index is 0.0195. The van der Waals surface area contributed by atoms with E-state index in [1.165, 1.54) is 10.5 Å². The summed E-state index contributed by atoms with van der Waals surface area (Å²) in [5, 5.41) is 2.90. The van der Waals surface area contributed by atoms with E-state index < -0.39 is 0 Å². The van der Waals surface area contributed by atoms with E-state index in [2.05, 4.69) is 22.3 Å². The van der Waals surface area contributed by atoms with Gasteiger partial charge in [-0.2, -0.15) is 0 Å². The number of ether oxygens (including phenoxy) is 2. The molecule has 0 spiro atoms. The summed E-state index contributed by atoms with van der Waals surface area (Å²) < 4.78 is 10.8. The van der Waals surface area contributed by atoms with E-state index >= 15 is 0 Å². The van der Waals surface area contributed by atoms with Gasteiger partial charge < -0.3 is 14.8 Å². The monoisotopic (exact) mass is 395 g/mol. The SMILES string of the molecule is O=C(CN1C(=O)COc2ccccc21)NCc1ccc(CN2CCOCC2)cc1. The van der Waals surface area contributed by atoms with Gasteiger partial charge in [-0.3, -0.25) is 19.4 Å². The average molecular weight is 395 g/mol. The Morgan fingerprint density at radius 1 is 1.00 bits per heavy atom. The van der Waals surface area contributed by atoms with Crippen molar-refractivity contribution in [2.45, 2.75) is 13.1 Å². The first-order valence-electron chi connectivity index (χ1n) is 9.86. The van der Waals surface area contributed by atoms with Crippen molar-refractivity contribution in [1.82, 2.24) is 10.2 Å². The normalized spacial score (nSPS) is 16.8. The van der Waals surface area contributed by atoms with Gasteiger partial charge in [0.1, 0.15) is 12.3 Å². The number of carbonyl (C=O) groups is 2. The molecule has 0 aliphatic carbocycles. The Kier molecular flexibility index (Phi) is 6.07. The summed E-state index contributed by atoms with van der Waals surface area (Å²) in [6.07, 6.45) is 0. The zero-order valence-electron chi connectivity index (χ0n) is 16.3. The molecule has 2 aliphatic rings. The van der Waals surface area contributed by atoms with Crippen molar-refractivity contribution >= 4 is 17.5 Å². The highest BCUT2D eigenvalue weighted by atomic mass is 16.5. The number of para-hydroxylation sites is 2. The van der Waals surface area contributed by atoms with E-state index in [1.807, 2.05) is 24.3 Å². The summed E-state index contributed by atoms with van der Waals surface area (Å²) in [7, 11) is 0. The van der Waals surface area contributed by atoms with Crippen LogP contribution < -0.4 is 15.0 Å². The highest BCUT2D eigenvalue weighted by Gasteiger charge is 2.26. The fraction of sp³-hybridized carbons (Fsp3) is 0.364. The van der Waals surface area contributed by atoms with Crippen LogP contribution in [0.5, 0.6) is 5.75 Å². The largest absolute Gasteiger partial charge is 0.482 e. The predicted molar refractivity (Wildman–Crippen MR) is 109 cm³/mol. The molecule has 7 heteroatoms. The third kappa shape index (κ3) is 4.93. The molecular weight excluding hydrogens is 370 g/mol. The Balaban J connectivity index is 1.29. The molecule has 2 aromatic carbocycles. The van der Waals surface area contributed by atoms with Crippen LogP contribution in [-0.4, -0.2) is 56.2 Å². The average Bonchev–Trinajstić information content (AvgIpc) is 2.76. The summed E-state index contributed by atoms with van der Waals surface area (Å²) in [6.45, 7) is 4.78. The van der Waals surface area contributed by atoms with E-state index in [9.17, 15) is 9.59 Å². The van der Waals surface area contributed by atoms with Crippen molar-refractivity contribution in [2.24, 2.45) is 0 Å². The zero-order valence-corrected chi connectivity index (χ0v) is 16.3. The first kappa shape index (κ1) is 19.4. The Morgan fingerprint density at radius 2 is 1.72 bits per heavy atom. The van der Waals surface area contributed by atoms with Gasteiger partial charge in [-0.1, -0.05) is 36.4 Å². The number of morpholine rings is 1. The number of nitrogens with zero attached hydrogens (tertiary/aromatic N) is 2. The van der Waals surface area contributed by atoms with Crippen LogP contribution in [0, 0.1) is 0 Å². The standard InChI is InChI=1S/C22H25N3O4/c26-21(15-25-19-3-1-2-4-20(19)29-16-22(25)27)23-13-17-5-7-18(8-6-17)14-24-9-11-28-12-10-24/h1-8H,9-16H2,(H,23,26). The number of fused-ring (bicyclic) bond motifs is 1. The number of benzene rings is 2. The third-order valence-electron chi connectivity index (χ3n) is 5.13. The van der Waals surface area contributed by atoms with Crippen LogP contribution in [0.2, 0.25) is 0 Å². The zero-order chi connectivity index (χ0) is 20.1. The molecule has 0 aromatic heterocycles. The first-order chi connectivity index (χ1) is 14.2. The fourth-order valence-electron chi connectivity index (χ4n) is 3.51. The second-order valence-corrected chi connectivity index (χ2v) is 7.22. The summed E-state index contributed by atoms with van der Waals surface area (Å²) in [5.74, 6) is 0.203. The molecule has 0 atom stereocenters. The smallest absolute Gasteiger partial charge is 0.265 e. The molecule has 2 amide bonds. The summed E-state index contributed by atoms with van der Waals surface area (Å²) in [6, 6.07) is 15.5. The lowest BCUT2D eigenvalue weighted by atomic mass is 10.1. The van der Waals surface area contributed by atoms with Crippen LogP contribution in [0.25, 0.3) is 0 Å². The number of hydrogen-bond donors (Lipinski definition) is 1. The molecular formula is C22H25N3O4. The number of anilines is 1. The van der Waals surface area contributed by atoms with Crippen LogP contribution in [0.4, 0.5) is 5.69 Å². The van der Waals surface area contributed by atoms with Crippen LogP contribution >= 0.6 is 0 Å². The van der Waals surface area contributed by atoms with Crippen LogP contribution in [0.15, 0.2) is 48.5 Å². The van der Waals surface area contributed by atoms with Gasteiger partial charge in [0.15, 0.2) is 6.61 Å². The van der Waals surface area contributed by atoms with Gasteiger partial charge in [0.05, 0.1) is 18.9 Å². The summed E-state index contributed by atoms with van der Waals surface area (Å²) >= 11 is 0. The highest BCUT2D eigenvalue weighted by molar-refractivity contribution is 6.02. The Morgan fingerprint density at radius 3 is 2.52 bits per heavy atom. The molecule has 1 fully saturated rings. The van der Waals surface area contributed by atoms with Gasteiger partial charge in [-0.25, -0.2) is 0 Å². The molecule has 0 unspecified atom stereocenters. The van der Waals surface area contributed by atoms with Gasteiger partial charge in [0.2, 0.25) is 5.91 Å². The Labute approximate surface area is 170 Å². The number of hydrogen-bond acceptors (Lipinski definition) is 5. The quantitative estimate of drug-likeness (QED) is 0.804. The molecule has 29 heavy (non-hydrogen) atoms. The molecule has 1 N–H and O–H groups in total. The summed E-state index contributed by atoms with van der Waals surface area (Å²) in [4.78, 5) is 28.4. The number of rotatable bonds is 6. The van der Waals surface area contributed by atoms with E-state index in [0.717, 1.165) is 38.4 Å². The van der Waals surface area contributed by atoms with Crippen molar-refractivity contribution < 1.29 is 19.1 Å². The Hall–Kier alpha value is -2.90. The second kappa shape index (κ2) is 9.07. The van der Waals surface area contributed by atoms with Crippen molar-refractivity contribution in [3.05, 3.63) is 59.7 Å². The molecule has 2 aliphatic heterocycles. The summed E-state index contributed by atoms with van der Waals surface area (Å²) in [5.41, 5.74) is 2.90. The molecule has 7 nitrogen and oxygen atoms in total. The molecule has 2 heterocycles. The topological polar surface area (TPSA) is 71.1 Å². The van der Waals surface area contributed by atoms with Gasteiger partial charge in [0.25, 0.3) is 5.91 Å². The highest BCUT2D eigenvalue weighted by Crippen LogP contribution is 2.31. The molecule has 0 radical (unpaired) electrons. The molecule has 1 saturated heterocycles. The van der Waals surface area contributed by atoms with Crippen LogP contribution in [0.3, 0.4) is 0 Å². The van der Waals surface area contributed by atoms with Gasteiger partial charge in [0, 0.05) is 26.2 Å². The molecule has 0 bridgehead atoms. The second-order valence-electron chi connectivity index (χ2n) is 7.22. The molecule has 152 valence electrons. The number of carbonyl (C=O) groups excluding carboxylic acids is 2. The first-order valence-corrected chi connectivity index (χ1v) is 9.86. The maximum atomic E-state index is 12.4. The Bertz CT molecular complexity index is 863. The van der Waals surface area contributed by atoms with E-state index in [1.54, 1.807) is 12.1 Å². The maximum Gasteiger partial charge on any atom is 0.265 e. The number of amides is 2. The predicted octanol–water partition coefficient (Wildman–Crippen LogP) is 1.56. The minimum atomic E-state index is -0.216. The minimum Gasteiger partial charge on any atom is -0.482 e. The van der Waals surface area contributed by atoms with Crippen LogP contribution in [0.1, 0.15) is 11.1 Å². The lowest BCUT2D eigenvalue weighted by molar-refractivity contribution is -0.125. The van der Waals surface area contributed by atoms with E-state index in [-0.39, 0.29) is 25.0 Å². The van der Waals surface area contributed by atoms with Crippen LogP contribution in [-0.2, 0) is 27.4 Å². The van der Waals surface area contributed by atoms with Gasteiger partial charge in [-0.15, -0.1) is 0 Å². The van der Waals surface area contributed by atoms with Gasteiger partial charge in [-0.05, 0) is 23.3 Å². The van der Waals surface area contributed by atoms with E-state index in [0.29, 0.717) is 18.0 Å². The van der Waals surface area contributed by atoms with E-state index in [4.69, 9.17) is 9.47 Å². The van der Waals surface area contributed by atoms with Crippen molar-refractivity contribution in [3.8, 4) is 5.75 Å². The maximum absolute atomic E-state index is 12.4. The van der Waals surface area contributed by atoms with Crippen molar-refractivity contribution in [2.75, 3.05) is 44.4 Å². The lowest BCUT2D eigenvalue weighted by Gasteiger charge is -2.28. The molecule has 4 rings (SSSR count). The van der Waals surface area contributed by atoms with Crippen molar-refractivity contribution in [1.29, 1.82) is 0 Å². The number of nitrogens with one attached hydrogen (secondary N) is 1. The fourth-order valence-corrected chi connectivity index (χ4v) is 3.51.